The van der Waals surface area contributed by atoms with Gasteiger partial charge < -0.3 is 9.73 Å². The van der Waals surface area contributed by atoms with E-state index in [4.69, 9.17) is 16.0 Å². The maximum Gasteiger partial charge on any atom is 0.262 e. The molecule has 0 saturated carbocycles. The fourth-order valence-electron chi connectivity index (χ4n) is 3.62. The van der Waals surface area contributed by atoms with E-state index in [1.165, 1.54) is 21.9 Å². The Hall–Kier alpha value is -3.03. The lowest BCUT2D eigenvalue weighted by molar-refractivity contribution is -0.118. The highest BCUT2D eigenvalue weighted by Crippen LogP contribution is 2.22. The molecule has 0 radical (unpaired) electrons. The zero-order valence-electron chi connectivity index (χ0n) is 18.2. The number of carbonyl (C=O) groups excluding carboxylic acids is 1. The van der Waals surface area contributed by atoms with Gasteiger partial charge in [-0.05, 0) is 42.3 Å². The van der Waals surface area contributed by atoms with E-state index in [1.807, 2.05) is 18.2 Å². The molecule has 33 heavy (non-hydrogen) atoms. The molecule has 4 aromatic rings. The Kier molecular flexibility index (Phi) is 7.52. The van der Waals surface area contributed by atoms with Crippen molar-refractivity contribution in [3.63, 3.8) is 0 Å². The van der Waals surface area contributed by atoms with Gasteiger partial charge in [0.1, 0.15) is 5.76 Å². The van der Waals surface area contributed by atoms with Gasteiger partial charge >= 0.3 is 0 Å². The van der Waals surface area contributed by atoms with Crippen LogP contribution in [0, 0.1) is 0 Å². The molecule has 1 amide bonds. The molecule has 2 aromatic carbocycles. The van der Waals surface area contributed by atoms with Crippen LogP contribution in [0.2, 0.25) is 5.02 Å². The molecule has 0 aliphatic heterocycles. The third-order valence-electron chi connectivity index (χ3n) is 5.42. The first kappa shape index (κ1) is 23.1. The van der Waals surface area contributed by atoms with Crippen LogP contribution < -0.4 is 10.9 Å². The Labute approximate surface area is 201 Å². The number of thioether (sulfide) groups is 1. The maximum atomic E-state index is 13.2. The molecule has 0 spiro atoms. The smallest absolute Gasteiger partial charge is 0.262 e. The van der Waals surface area contributed by atoms with E-state index in [1.54, 1.807) is 36.6 Å². The highest BCUT2D eigenvalue weighted by Gasteiger charge is 2.16. The molecule has 8 heteroatoms. The Balaban J connectivity index is 1.51. The normalized spacial score (nSPS) is 12.1. The number of amides is 1. The van der Waals surface area contributed by atoms with Crippen molar-refractivity contribution in [3.8, 4) is 0 Å². The fraction of sp³-hybridized carbons (Fsp3) is 0.240. The van der Waals surface area contributed by atoms with Gasteiger partial charge in [0, 0.05) is 17.5 Å². The average molecular weight is 482 g/mol. The lowest BCUT2D eigenvalue weighted by atomic mass is 9.96. The summed E-state index contributed by atoms with van der Waals surface area (Å²) in [5, 5.41) is 4.42. The molecule has 1 N–H and O–H groups in total. The predicted molar refractivity (Wildman–Crippen MR) is 132 cm³/mol. The van der Waals surface area contributed by atoms with Crippen molar-refractivity contribution >= 4 is 40.2 Å². The fourth-order valence-corrected chi connectivity index (χ4v) is 4.62. The summed E-state index contributed by atoms with van der Waals surface area (Å²) < 4.78 is 6.96. The largest absolute Gasteiger partial charge is 0.467 e. The molecule has 170 valence electrons. The third-order valence-corrected chi connectivity index (χ3v) is 6.63. The van der Waals surface area contributed by atoms with Crippen LogP contribution in [0.5, 0.6) is 0 Å². The second kappa shape index (κ2) is 10.7. The minimum atomic E-state index is -0.203. The Bertz CT molecular complexity index is 1290. The third kappa shape index (κ3) is 5.67. The second-order valence-electron chi connectivity index (χ2n) is 7.64. The topological polar surface area (TPSA) is 77.1 Å². The zero-order chi connectivity index (χ0) is 23.2. The van der Waals surface area contributed by atoms with Crippen LogP contribution in [0.3, 0.4) is 0 Å². The molecular weight excluding hydrogens is 458 g/mol. The van der Waals surface area contributed by atoms with Crippen molar-refractivity contribution in [3.05, 3.63) is 93.6 Å². The molecule has 4 rings (SSSR count). The number of nitrogens with one attached hydrogen (secondary N) is 1. The van der Waals surface area contributed by atoms with Gasteiger partial charge in [-0.15, -0.1) is 0 Å². The summed E-state index contributed by atoms with van der Waals surface area (Å²) in [5.74, 6) is 0.909. The molecule has 0 fully saturated rings. The Morgan fingerprint density at radius 3 is 2.73 bits per heavy atom. The van der Waals surface area contributed by atoms with Gasteiger partial charge in [-0.2, -0.15) is 0 Å². The van der Waals surface area contributed by atoms with E-state index in [0.29, 0.717) is 33.4 Å². The van der Waals surface area contributed by atoms with Crippen molar-refractivity contribution in [1.82, 2.24) is 14.9 Å². The van der Waals surface area contributed by atoms with Gasteiger partial charge in [-0.3, -0.25) is 14.2 Å². The van der Waals surface area contributed by atoms with Gasteiger partial charge in [0.15, 0.2) is 5.16 Å². The van der Waals surface area contributed by atoms with E-state index in [0.717, 1.165) is 6.42 Å². The summed E-state index contributed by atoms with van der Waals surface area (Å²) in [5.41, 5.74) is 1.50. The van der Waals surface area contributed by atoms with Crippen molar-refractivity contribution in [2.24, 2.45) is 0 Å². The summed E-state index contributed by atoms with van der Waals surface area (Å²) in [7, 11) is 0. The van der Waals surface area contributed by atoms with Crippen LogP contribution in [0.4, 0.5) is 0 Å². The summed E-state index contributed by atoms with van der Waals surface area (Å²) in [6.07, 6.45) is 2.49. The lowest BCUT2D eigenvalue weighted by Crippen LogP contribution is -2.30. The van der Waals surface area contributed by atoms with Crippen LogP contribution >= 0.6 is 23.4 Å². The monoisotopic (exact) mass is 481 g/mol. The van der Waals surface area contributed by atoms with E-state index >= 15 is 0 Å². The summed E-state index contributed by atoms with van der Waals surface area (Å²) in [4.78, 5) is 30.4. The van der Waals surface area contributed by atoms with Crippen molar-refractivity contribution in [2.45, 2.75) is 31.0 Å². The molecular formula is C25H24ClN3O3S. The quantitative estimate of drug-likeness (QED) is 0.266. The SMILES string of the molecule is CC[C@H](CNC(=O)CSc1nc2cc(Cl)ccc2c(=O)n1Cc1ccco1)c1ccccc1. The van der Waals surface area contributed by atoms with Gasteiger partial charge in [-0.25, -0.2) is 4.98 Å². The maximum absolute atomic E-state index is 13.2. The molecule has 0 aliphatic rings. The average Bonchev–Trinajstić information content (AvgIpc) is 3.34. The number of furan rings is 1. The molecule has 2 aromatic heterocycles. The van der Waals surface area contributed by atoms with Crippen molar-refractivity contribution < 1.29 is 9.21 Å². The number of nitrogens with zero attached hydrogens (tertiary/aromatic N) is 2. The number of hydrogen-bond donors (Lipinski definition) is 1. The number of rotatable bonds is 9. The molecule has 6 nitrogen and oxygen atoms in total. The van der Waals surface area contributed by atoms with Crippen LogP contribution in [-0.2, 0) is 11.3 Å². The summed E-state index contributed by atoms with van der Waals surface area (Å²) in [6.45, 7) is 2.89. The molecule has 0 bridgehead atoms. The number of fused-ring (bicyclic) bond motifs is 1. The van der Waals surface area contributed by atoms with Gasteiger partial charge in [-0.1, -0.05) is 60.6 Å². The number of halogens is 1. The standard InChI is InChI=1S/C25H24ClN3O3S/c1-2-17(18-7-4-3-5-8-18)14-27-23(30)16-33-25-28-22-13-19(26)10-11-21(22)24(31)29(25)15-20-9-6-12-32-20/h3-13,17H,2,14-16H2,1H3,(H,27,30)/t17-/m1/s1. The minimum absolute atomic E-state index is 0.112. The van der Waals surface area contributed by atoms with Crippen LogP contribution in [-0.4, -0.2) is 27.8 Å². The van der Waals surface area contributed by atoms with E-state index in [2.05, 4.69) is 29.4 Å². The van der Waals surface area contributed by atoms with E-state index in [-0.39, 0.29) is 29.7 Å². The van der Waals surface area contributed by atoms with Crippen molar-refractivity contribution in [2.75, 3.05) is 12.3 Å². The predicted octanol–water partition coefficient (Wildman–Crippen LogP) is 5.09. The van der Waals surface area contributed by atoms with Crippen LogP contribution in [0.15, 0.2) is 81.3 Å². The van der Waals surface area contributed by atoms with Crippen LogP contribution in [0.25, 0.3) is 10.9 Å². The zero-order valence-corrected chi connectivity index (χ0v) is 19.7. The summed E-state index contributed by atoms with van der Waals surface area (Å²) in [6, 6.07) is 18.7. The first-order valence-corrected chi connectivity index (χ1v) is 12.1. The first-order valence-electron chi connectivity index (χ1n) is 10.7. The number of aromatic nitrogens is 2. The van der Waals surface area contributed by atoms with Gasteiger partial charge in [0.2, 0.25) is 5.91 Å². The summed E-state index contributed by atoms with van der Waals surface area (Å²) >= 11 is 7.33. The molecule has 1 atom stereocenters. The Morgan fingerprint density at radius 2 is 2.00 bits per heavy atom. The van der Waals surface area contributed by atoms with E-state index in [9.17, 15) is 9.59 Å². The second-order valence-corrected chi connectivity index (χ2v) is 9.01. The number of hydrogen-bond acceptors (Lipinski definition) is 5. The molecule has 0 unspecified atom stereocenters. The lowest BCUT2D eigenvalue weighted by Gasteiger charge is -2.16. The highest BCUT2D eigenvalue weighted by atomic mass is 35.5. The number of benzene rings is 2. The minimum Gasteiger partial charge on any atom is -0.467 e. The number of carbonyl (C=O) groups is 1. The van der Waals surface area contributed by atoms with Gasteiger partial charge in [0.05, 0.1) is 29.5 Å². The van der Waals surface area contributed by atoms with Crippen molar-refractivity contribution in [1.29, 1.82) is 0 Å². The molecule has 0 aliphatic carbocycles. The highest BCUT2D eigenvalue weighted by molar-refractivity contribution is 7.99. The van der Waals surface area contributed by atoms with Crippen LogP contribution in [0.1, 0.15) is 30.6 Å². The molecule has 0 saturated heterocycles. The first-order chi connectivity index (χ1) is 16.0. The molecule has 2 heterocycles. The van der Waals surface area contributed by atoms with Gasteiger partial charge in [0.25, 0.3) is 5.56 Å². The Morgan fingerprint density at radius 1 is 1.18 bits per heavy atom. The van der Waals surface area contributed by atoms with E-state index < -0.39 is 0 Å².